The molecule has 9 rings (SSSR count). The van der Waals surface area contributed by atoms with Crippen LogP contribution in [0.3, 0.4) is 0 Å². The molecule has 1 saturated heterocycles. The van der Waals surface area contributed by atoms with Crippen LogP contribution in [0.25, 0.3) is 11.1 Å². The van der Waals surface area contributed by atoms with E-state index in [0.29, 0.717) is 24.7 Å². The van der Waals surface area contributed by atoms with Crippen molar-refractivity contribution in [2.24, 2.45) is 17.8 Å². The molecular weight excluding hydrogens is 659 g/mol. The van der Waals surface area contributed by atoms with E-state index in [1.165, 1.54) is 19.3 Å². The summed E-state index contributed by atoms with van der Waals surface area (Å²) in [6, 6.07) is 24.3. The van der Waals surface area contributed by atoms with Crippen molar-refractivity contribution in [2.75, 3.05) is 0 Å². The molecule has 8 nitrogen and oxygen atoms in total. The summed E-state index contributed by atoms with van der Waals surface area (Å²) in [5, 5.41) is 16.7. The lowest BCUT2D eigenvalue weighted by Gasteiger charge is -2.56. The third kappa shape index (κ3) is 7.12. The quantitative estimate of drug-likeness (QED) is 0.163. The first-order valence-corrected chi connectivity index (χ1v) is 18.2. The van der Waals surface area contributed by atoms with Crippen molar-refractivity contribution in [3.8, 4) is 11.1 Å². The van der Waals surface area contributed by atoms with Crippen LogP contribution < -0.4 is 10.6 Å². The molecule has 10 heteroatoms. The van der Waals surface area contributed by atoms with Gasteiger partial charge in [0, 0.05) is 24.1 Å². The average Bonchev–Trinajstić information content (AvgIpc) is 3.42. The first-order valence-electron chi connectivity index (χ1n) is 17.4. The minimum atomic E-state index is -0.601. The van der Waals surface area contributed by atoms with E-state index in [2.05, 4.69) is 45.9 Å². The van der Waals surface area contributed by atoms with Gasteiger partial charge in [-0.15, -0.1) is 0 Å². The number of rotatable bonds is 9. The van der Waals surface area contributed by atoms with E-state index in [-0.39, 0.29) is 35.5 Å². The Hall–Kier alpha value is -3.40. The minimum Gasteiger partial charge on any atom is -0.392 e. The van der Waals surface area contributed by atoms with Gasteiger partial charge in [-0.3, -0.25) is 0 Å². The third-order valence-electron chi connectivity index (χ3n) is 11.1. The molecule has 4 saturated carbocycles. The van der Waals surface area contributed by atoms with Crippen LogP contribution in [0.2, 0.25) is 10.3 Å². The lowest BCUT2D eigenvalue weighted by molar-refractivity contribution is -0.252. The van der Waals surface area contributed by atoms with Crippen LogP contribution in [0, 0.1) is 17.8 Å². The molecule has 2 heterocycles. The van der Waals surface area contributed by atoms with Crippen molar-refractivity contribution >= 4 is 29.2 Å². The molecule has 2 amide bonds. The first kappa shape index (κ1) is 32.8. The minimum absolute atomic E-state index is 0.000978. The van der Waals surface area contributed by atoms with Crippen LogP contribution in [0.4, 0.5) is 4.79 Å². The number of carbonyl (C=O) groups is 1. The van der Waals surface area contributed by atoms with Crippen LogP contribution in [0.15, 0.2) is 79.1 Å². The van der Waals surface area contributed by atoms with Gasteiger partial charge in [0.1, 0.15) is 5.15 Å². The Morgan fingerprint density at radius 2 is 1.55 bits per heavy atom. The fourth-order valence-corrected chi connectivity index (χ4v) is 9.46. The van der Waals surface area contributed by atoms with E-state index in [0.717, 1.165) is 70.4 Å². The van der Waals surface area contributed by atoms with Crippen LogP contribution >= 0.6 is 23.2 Å². The summed E-state index contributed by atoms with van der Waals surface area (Å²) in [6.07, 6.45) is 8.69. The van der Waals surface area contributed by atoms with Gasteiger partial charge in [-0.25, -0.2) is 9.78 Å². The number of hydrogen-bond acceptors (Lipinski definition) is 5. The molecule has 4 aromatic rings. The SMILES string of the molecule is O=C(NCc1cccc(-c2ccc(C3OC(Cn4cnc(Cl)c4Cl)CC(c4ccc(CO)cc4)O3)cc2)c1)NC12CC3CC(CC(C3)C1)C2. The highest BCUT2D eigenvalue weighted by Gasteiger charge is 2.51. The number of aliphatic hydroxyl groups excluding tert-OH is 1. The van der Waals surface area contributed by atoms with Gasteiger partial charge in [-0.2, -0.15) is 0 Å². The van der Waals surface area contributed by atoms with Gasteiger partial charge in [0.05, 0.1) is 31.7 Å². The molecule has 49 heavy (non-hydrogen) atoms. The number of aliphatic hydroxyl groups is 1. The maximum absolute atomic E-state index is 13.1. The zero-order valence-electron chi connectivity index (χ0n) is 27.4. The largest absolute Gasteiger partial charge is 0.392 e. The summed E-state index contributed by atoms with van der Waals surface area (Å²) in [5.74, 6) is 2.37. The van der Waals surface area contributed by atoms with Crippen molar-refractivity contribution in [3.05, 3.63) is 112 Å². The molecule has 4 aliphatic carbocycles. The van der Waals surface area contributed by atoms with Crippen LogP contribution in [-0.4, -0.2) is 32.3 Å². The van der Waals surface area contributed by atoms with Gasteiger partial charge in [0.2, 0.25) is 0 Å². The molecule has 3 aromatic carbocycles. The number of aromatic nitrogens is 2. The van der Waals surface area contributed by atoms with E-state index in [1.54, 1.807) is 10.9 Å². The number of amides is 2. The van der Waals surface area contributed by atoms with E-state index < -0.39 is 6.29 Å². The van der Waals surface area contributed by atoms with Gasteiger partial charge in [-0.1, -0.05) is 89.9 Å². The number of carbonyl (C=O) groups excluding carboxylic acids is 1. The van der Waals surface area contributed by atoms with Gasteiger partial charge >= 0.3 is 6.03 Å². The molecule has 0 radical (unpaired) electrons. The topological polar surface area (TPSA) is 97.6 Å². The number of urea groups is 1. The fourth-order valence-electron chi connectivity index (χ4n) is 9.15. The monoisotopic (exact) mass is 700 g/mol. The first-order chi connectivity index (χ1) is 23.8. The number of imidazole rings is 1. The lowest BCUT2D eigenvalue weighted by Crippen LogP contribution is -2.61. The Balaban J connectivity index is 0.936. The molecule has 3 unspecified atom stereocenters. The average molecular weight is 702 g/mol. The maximum Gasteiger partial charge on any atom is 0.315 e. The summed E-state index contributed by atoms with van der Waals surface area (Å²) in [4.78, 5) is 17.2. The second-order valence-corrected chi connectivity index (χ2v) is 15.4. The molecule has 3 atom stereocenters. The van der Waals surface area contributed by atoms with Gasteiger partial charge in [0.15, 0.2) is 11.4 Å². The smallest absolute Gasteiger partial charge is 0.315 e. The highest BCUT2D eigenvalue weighted by Crippen LogP contribution is 2.55. The van der Waals surface area contributed by atoms with Crippen LogP contribution in [-0.2, 0) is 29.2 Å². The molecular formula is C39H42Cl2N4O4. The molecule has 1 aliphatic heterocycles. The van der Waals surface area contributed by atoms with Crippen molar-refractivity contribution in [3.63, 3.8) is 0 Å². The van der Waals surface area contributed by atoms with Crippen molar-refractivity contribution in [2.45, 2.75) is 88.7 Å². The number of nitrogens with zero attached hydrogens (tertiary/aromatic N) is 2. The molecule has 5 fully saturated rings. The molecule has 256 valence electrons. The highest BCUT2D eigenvalue weighted by molar-refractivity contribution is 6.40. The molecule has 1 aromatic heterocycles. The van der Waals surface area contributed by atoms with Gasteiger partial charge in [-0.05, 0) is 90.2 Å². The standard InChI is InChI=1S/C39H42Cl2N4O4/c40-35-36(41)45(23-43-35)21-33-16-34(30-6-4-24(22-46)5-7-30)49-37(48-33)31-10-8-29(9-11-31)32-3-1-2-25(15-32)20-42-38(47)44-39-17-26-12-27(18-39)14-28(13-26)19-39/h1-11,15,23,26-28,33-34,37,46H,12-14,16-22H2,(H2,42,44,47). The van der Waals surface area contributed by atoms with E-state index >= 15 is 0 Å². The predicted molar refractivity (Wildman–Crippen MR) is 189 cm³/mol. The van der Waals surface area contributed by atoms with Crippen molar-refractivity contribution in [1.29, 1.82) is 0 Å². The number of nitrogens with one attached hydrogen (secondary N) is 2. The second-order valence-electron chi connectivity index (χ2n) is 14.7. The Kier molecular flexibility index (Phi) is 9.18. The van der Waals surface area contributed by atoms with Crippen molar-refractivity contribution in [1.82, 2.24) is 20.2 Å². The summed E-state index contributed by atoms with van der Waals surface area (Å²) >= 11 is 12.5. The summed E-state index contributed by atoms with van der Waals surface area (Å²) in [7, 11) is 0. The van der Waals surface area contributed by atoms with E-state index in [4.69, 9.17) is 32.7 Å². The maximum atomic E-state index is 13.1. The Labute approximate surface area is 297 Å². The Bertz CT molecular complexity index is 1760. The molecule has 4 bridgehead atoms. The zero-order valence-corrected chi connectivity index (χ0v) is 28.9. The zero-order chi connectivity index (χ0) is 33.5. The number of benzene rings is 3. The van der Waals surface area contributed by atoms with Crippen LogP contribution in [0.5, 0.6) is 0 Å². The van der Waals surface area contributed by atoms with E-state index in [1.807, 2.05) is 42.5 Å². The number of ether oxygens (including phenoxy) is 2. The second kappa shape index (κ2) is 13.7. The molecule has 5 aliphatic rings. The lowest BCUT2D eigenvalue weighted by atomic mass is 9.53. The summed E-state index contributed by atoms with van der Waals surface area (Å²) < 4.78 is 14.8. The van der Waals surface area contributed by atoms with Crippen molar-refractivity contribution < 1.29 is 19.4 Å². The van der Waals surface area contributed by atoms with Gasteiger partial charge in [0.25, 0.3) is 0 Å². The summed E-state index contributed by atoms with van der Waals surface area (Å²) in [6.45, 7) is 0.939. The molecule has 0 spiro atoms. The highest BCUT2D eigenvalue weighted by atomic mass is 35.5. The Morgan fingerprint density at radius 1 is 0.857 bits per heavy atom. The normalized spacial score (nSPS) is 28.8. The predicted octanol–water partition coefficient (Wildman–Crippen LogP) is 8.36. The summed E-state index contributed by atoms with van der Waals surface area (Å²) in [5.41, 5.74) is 5.95. The molecule has 3 N–H and O–H groups in total. The number of hydrogen-bond donors (Lipinski definition) is 3. The fraction of sp³-hybridized carbons (Fsp3) is 0.436. The van der Waals surface area contributed by atoms with Crippen LogP contribution in [0.1, 0.15) is 79.6 Å². The number of halogens is 2. The van der Waals surface area contributed by atoms with E-state index in [9.17, 15) is 9.90 Å². The third-order valence-corrected chi connectivity index (χ3v) is 11.8. The Morgan fingerprint density at radius 3 is 2.20 bits per heavy atom. The van der Waals surface area contributed by atoms with Gasteiger partial charge < -0.3 is 29.8 Å².